The Morgan fingerprint density at radius 1 is 1.21 bits per heavy atom. The Morgan fingerprint density at radius 3 is 2.75 bits per heavy atom. The maximum Gasteiger partial charge on any atom is 0.359 e. The van der Waals surface area contributed by atoms with Gasteiger partial charge in [0.1, 0.15) is 5.65 Å². The Hall–Kier alpha value is -2.67. The summed E-state index contributed by atoms with van der Waals surface area (Å²) in [4.78, 5) is 28.2. The number of carbonyl (C=O) groups is 2. The van der Waals surface area contributed by atoms with Gasteiger partial charge in [0.25, 0.3) is 5.91 Å². The van der Waals surface area contributed by atoms with E-state index in [0.29, 0.717) is 11.3 Å². The Balaban J connectivity index is 1.63. The van der Waals surface area contributed by atoms with Gasteiger partial charge in [0.2, 0.25) is 0 Å². The molecular formula is C17H14BrN3O3. The molecule has 2 heterocycles. The van der Waals surface area contributed by atoms with E-state index in [0.717, 1.165) is 10.2 Å². The van der Waals surface area contributed by atoms with E-state index in [1.165, 1.54) is 0 Å². The summed E-state index contributed by atoms with van der Waals surface area (Å²) in [5.41, 5.74) is 2.38. The number of ether oxygens (including phenoxy) is 1. The Bertz CT molecular complexity index is 920. The van der Waals surface area contributed by atoms with Crippen LogP contribution in [0.5, 0.6) is 0 Å². The first-order valence-electron chi connectivity index (χ1n) is 7.21. The highest BCUT2D eigenvalue weighted by Crippen LogP contribution is 2.21. The van der Waals surface area contributed by atoms with Gasteiger partial charge in [-0.15, -0.1) is 0 Å². The number of halogens is 1. The average molecular weight is 388 g/mol. The van der Waals surface area contributed by atoms with Crippen LogP contribution in [-0.4, -0.2) is 27.9 Å². The number of nitrogens with one attached hydrogen (secondary N) is 1. The van der Waals surface area contributed by atoms with Crippen LogP contribution in [0.2, 0.25) is 0 Å². The SMILES string of the molecule is Cc1cccc2nc(C(=O)OCC(=O)Nc3ccccc3Br)cn12. The fraction of sp³-hybridized carbons (Fsp3) is 0.118. The number of aryl methyl sites for hydroxylation is 1. The fourth-order valence-corrected chi connectivity index (χ4v) is 2.58. The first-order chi connectivity index (χ1) is 11.5. The lowest BCUT2D eigenvalue weighted by atomic mass is 10.3. The summed E-state index contributed by atoms with van der Waals surface area (Å²) in [6.07, 6.45) is 1.60. The van der Waals surface area contributed by atoms with Crippen molar-refractivity contribution in [3.05, 3.63) is 64.5 Å². The number of amides is 1. The third kappa shape index (κ3) is 3.46. The molecule has 0 aliphatic heterocycles. The molecule has 0 saturated carbocycles. The number of esters is 1. The molecule has 3 aromatic rings. The number of anilines is 1. The third-order valence-electron chi connectivity index (χ3n) is 3.39. The molecule has 2 aromatic heterocycles. The molecular weight excluding hydrogens is 374 g/mol. The minimum atomic E-state index is -0.639. The summed E-state index contributed by atoms with van der Waals surface area (Å²) >= 11 is 3.33. The zero-order chi connectivity index (χ0) is 17.1. The van der Waals surface area contributed by atoms with E-state index >= 15 is 0 Å². The highest BCUT2D eigenvalue weighted by molar-refractivity contribution is 9.10. The number of benzene rings is 1. The van der Waals surface area contributed by atoms with Crippen LogP contribution in [0, 0.1) is 6.92 Å². The molecule has 1 aromatic carbocycles. The maximum absolute atomic E-state index is 12.1. The second-order valence-electron chi connectivity index (χ2n) is 5.13. The maximum atomic E-state index is 12.1. The van der Waals surface area contributed by atoms with Crippen molar-refractivity contribution in [2.45, 2.75) is 6.92 Å². The molecule has 0 aliphatic carbocycles. The normalized spacial score (nSPS) is 10.6. The molecule has 0 bridgehead atoms. The fourth-order valence-electron chi connectivity index (χ4n) is 2.20. The minimum Gasteiger partial charge on any atom is -0.451 e. The number of hydrogen-bond donors (Lipinski definition) is 1. The van der Waals surface area contributed by atoms with Gasteiger partial charge in [-0.3, -0.25) is 4.79 Å². The zero-order valence-electron chi connectivity index (χ0n) is 12.8. The number of imidazole rings is 1. The molecule has 24 heavy (non-hydrogen) atoms. The van der Waals surface area contributed by atoms with Crippen molar-refractivity contribution in [2.75, 3.05) is 11.9 Å². The summed E-state index contributed by atoms with van der Waals surface area (Å²) in [5.74, 6) is -1.06. The summed E-state index contributed by atoms with van der Waals surface area (Å²) < 4.78 is 7.57. The number of hydrogen-bond acceptors (Lipinski definition) is 4. The molecule has 122 valence electrons. The van der Waals surface area contributed by atoms with E-state index < -0.39 is 11.9 Å². The number of rotatable bonds is 4. The number of fused-ring (bicyclic) bond motifs is 1. The molecule has 7 heteroatoms. The predicted molar refractivity (Wildman–Crippen MR) is 93.0 cm³/mol. The number of nitrogens with zero attached hydrogens (tertiary/aromatic N) is 2. The molecule has 0 unspecified atom stereocenters. The summed E-state index contributed by atoms with van der Waals surface area (Å²) in [6.45, 7) is 1.53. The summed E-state index contributed by atoms with van der Waals surface area (Å²) in [7, 11) is 0. The van der Waals surface area contributed by atoms with Crippen molar-refractivity contribution in [3.8, 4) is 0 Å². The summed E-state index contributed by atoms with van der Waals surface area (Å²) in [6, 6.07) is 12.8. The van der Waals surface area contributed by atoms with Gasteiger partial charge in [0, 0.05) is 16.4 Å². The topological polar surface area (TPSA) is 72.7 Å². The first-order valence-corrected chi connectivity index (χ1v) is 8.00. The van der Waals surface area contributed by atoms with Crippen LogP contribution in [-0.2, 0) is 9.53 Å². The van der Waals surface area contributed by atoms with Crippen LogP contribution in [0.4, 0.5) is 5.69 Å². The van der Waals surface area contributed by atoms with Gasteiger partial charge in [-0.2, -0.15) is 0 Å². The minimum absolute atomic E-state index is 0.165. The van der Waals surface area contributed by atoms with Gasteiger partial charge >= 0.3 is 5.97 Å². The van der Waals surface area contributed by atoms with Crippen molar-refractivity contribution in [1.29, 1.82) is 0 Å². The standard InChI is InChI=1S/C17H14BrN3O3/c1-11-5-4-8-15-19-14(9-21(11)15)17(23)24-10-16(22)20-13-7-3-2-6-12(13)18/h2-9H,10H2,1H3,(H,20,22). The van der Waals surface area contributed by atoms with Crippen LogP contribution in [0.15, 0.2) is 53.1 Å². The molecule has 0 spiro atoms. The average Bonchev–Trinajstić information content (AvgIpc) is 3.00. The van der Waals surface area contributed by atoms with Crippen molar-refractivity contribution in [2.24, 2.45) is 0 Å². The van der Waals surface area contributed by atoms with E-state index in [2.05, 4.69) is 26.2 Å². The Kier molecular flexibility index (Phi) is 4.61. The number of para-hydroxylation sites is 1. The van der Waals surface area contributed by atoms with Gasteiger partial charge in [-0.1, -0.05) is 18.2 Å². The van der Waals surface area contributed by atoms with E-state index in [-0.39, 0.29) is 12.3 Å². The van der Waals surface area contributed by atoms with E-state index in [9.17, 15) is 9.59 Å². The molecule has 0 saturated heterocycles. The third-order valence-corrected chi connectivity index (χ3v) is 4.08. The molecule has 3 rings (SSSR count). The number of pyridine rings is 1. The van der Waals surface area contributed by atoms with E-state index in [4.69, 9.17) is 4.74 Å². The lowest BCUT2D eigenvalue weighted by molar-refractivity contribution is -0.119. The molecule has 0 fully saturated rings. The highest BCUT2D eigenvalue weighted by atomic mass is 79.9. The Labute approximate surface area is 146 Å². The largest absolute Gasteiger partial charge is 0.451 e. The van der Waals surface area contributed by atoms with Crippen molar-refractivity contribution in [3.63, 3.8) is 0 Å². The van der Waals surface area contributed by atoms with Gasteiger partial charge < -0.3 is 14.5 Å². The van der Waals surface area contributed by atoms with Crippen LogP contribution < -0.4 is 5.32 Å². The van der Waals surface area contributed by atoms with Crippen LogP contribution in [0.25, 0.3) is 5.65 Å². The Morgan fingerprint density at radius 2 is 2.00 bits per heavy atom. The van der Waals surface area contributed by atoms with Gasteiger partial charge in [0.15, 0.2) is 12.3 Å². The predicted octanol–water partition coefficient (Wildman–Crippen LogP) is 3.20. The molecule has 1 N–H and O–H groups in total. The van der Waals surface area contributed by atoms with Crippen LogP contribution in [0.3, 0.4) is 0 Å². The van der Waals surface area contributed by atoms with Crippen molar-refractivity contribution in [1.82, 2.24) is 9.38 Å². The molecule has 0 radical (unpaired) electrons. The zero-order valence-corrected chi connectivity index (χ0v) is 14.4. The van der Waals surface area contributed by atoms with E-state index in [1.54, 1.807) is 34.9 Å². The second-order valence-corrected chi connectivity index (χ2v) is 5.98. The highest BCUT2D eigenvalue weighted by Gasteiger charge is 2.15. The first kappa shape index (κ1) is 16.2. The van der Waals surface area contributed by atoms with Crippen molar-refractivity contribution < 1.29 is 14.3 Å². The quantitative estimate of drug-likeness (QED) is 0.697. The van der Waals surface area contributed by atoms with Gasteiger partial charge in [-0.05, 0) is 47.1 Å². The van der Waals surface area contributed by atoms with Crippen molar-refractivity contribution >= 4 is 39.1 Å². The number of aromatic nitrogens is 2. The van der Waals surface area contributed by atoms with Gasteiger partial charge in [0.05, 0.1) is 5.69 Å². The van der Waals surface area contributed by atoms with Crippen LogP contribution in [0.1, 0.15) is 16.2 Å². The van der Waals surface area contributed by atoms with Crippen LogP contribution >= 0.6 is 15.9 Å². The summed E-state index contributed by atoms with van der Waals surface area (Å²) in [5, 5.41) is 2.66. The molecule has 1 amide bonds. The van der Waals surface area contributed by atoms with E-state index in [1.807, 2.05) is 25.1 Å². The van der Waals surface area contributed by atoms with Gasteiger partial charge in [-0.25, -0.2) is 9.78 Å². The number of carbonyl (C=O) groups excluding carboxylic acids is 2. The second kappa shape index (κ2) is 6.84. The molecule has 0 atom stereocenters. The smallest absolute Gasteiger partial charge is 0.359 e. The molecule has 0 aliphatic rings. The monoisotopic (exact) mass is 387 g/mol. The lowest BCUT2D eigenvalue weighted by Gasteiger charge is -2.07. The lowest BCUT2D eigenvalue weighted by Crippen LogP contribution is -2.21. The molecule has 6 nitrogen and oxygen atoms in total.